The minimum Gasteiger partial charge on any atom is -0.337 e. The van der Waals surface area contributed by atoms with Crippen LogP contribution in [0, 0.1) is 22.2 Å². The summed E-state index contributed by atoms with van der Waals surface area (Å²) in [4.78, 5) is 2.77. The highest BCUT2D eigenvalue weighted by Gasteiger charge is 2.16. The van der Waals surface area contributed by atoms with Crippen LogP contribution < -0.4 is 0 Å². The lowest BCUT2D eigenvalue weighted by Crippen LogP contribution is -2.05. The number of H-pyrrole nitrogens is 1. The first-order valence-electron chi connectivity index (χ1n) is 5.37. The van der Waals surface area contributed by atoms with Crippen molar-refractivity contribution in [3.05, 3.63) is 46.2 Å². The summed E-state index contributed by atoms with van der Waals surface area (Å²) in [5, 5.41) is 0. The first kappa shape index (κ1) is 12.9. The molecule has 0 amide bonds. The van der Waals surface area contributed by atoms with E-state index in [0.29, 0.717) is 11.8 Å². The van der Waals surface area contributed by atoms with Crippen molar-refractivity contribution in [3.8, 4) is 5.69 Å². The SMILES string of the molecule is CC(C)c1c[nH]c(=S)n1-c1cc(F)c(F)cc1F. The van der Waals surface area contributed by atoms with Crippen LogP contribution in [-0.2, 0) is 0 Å². The van der Waals surface area contributed by atoms with Gasteiger partial charge in [0.1, 0.15) is 5.82 Å². The number of nitrogens with one attached hydrogen (secondary N) is 1. The van der Waals surface area contributed by atoms with Crippen molar-refractivity contribution in [2.45, 2.75) is 19.8 Å². The molecule has 96 valence electrons. The second-order valence-corrected chi connectivity index (χ2v) is 4.61. The Balaban J connectivity index is 2.73. The third kappa shape index (κ3) is 2.08. The Morgan fingerprint density at radius 2 is 1.72 bits per heavy atom. The zero-order valence-corrected chi connectivity index (χ0v) is 10.6. The number of halogens is 3. The summed E-state index contributed by atoms with van der Waals surface area (Å²) in [5.74, 6) is -3.12. The number of nitrogens with zero attached hydrogens (tertiary/aromatic N) is 1. The molecule has 1 aromatic carbocycles. The van der Waals surface area contributed by atoms with Gasteiger partial charge in [-0.3, -0.25) is 4.57 Å². The van der Waals surface area contributed by atoms with E-state index in [1.54, 1.807) is 6.20 Å². The Labute approximate surface area is 107 Å². The van der Waals surface area contributed by atoms with E-state index in [1.165, 1.54) is 4.57 Å². The number of aromatic amines is 1. The summed E-state index contributed by atoms with van der Waals surface area (Å²) in [5.41, 5.74) is 0.605. The average Bonchev–Trinajstić information content (AvgIpc) is 2.66. The molecule has 1 aromatic heterocycles. The van der Waals surface area contributed by atoms with Crippen molar-refractivity contribution in [1.29, 1.82) is 0 Å². The summed E-state index contributed by atoms with van der Waals surface area (Å²) in [7, 11) is 0. The molecule has 0 fully saturated rings. The summed E-state index contributed by atoms with van der Waals surface area (Å²) in [6.07, 6.45) is 1.63. The molecule has 18 heavy (non-hydrogen) atoms. The summed E-state index contributed by atoms with van der Waals surface area (Å²) >= 11 is 5.03. The molecule has 6 heteroatoms. The van der Waals surface area contributed by atoms with Gasteiger partial charge in [0.2, 0.25) is 0 Å². The van der Waals surface area contributed by atoms with Crippen molar-refractivity contribution < 1.29 is 13.2 Å². The molecule has 0 bridgehead atoms. The number of rotatable bonds is 2. The second kappa shape index (κ2) is 4.61. The summed E-state index contributed by atoms with van der Waals surface area (Å²) < 4.78 is 41.5. The van der Waals surface area contributed by atoms with Gasteiger partial charge < -0.3 is 4.98 Å². The standard InChI is InChI=1S/C12H11F3N2S/c1-6(2)11-5-16-12(18)17(11)10-4-8(14)7(13)3-9(10)15/h3-6H,1-2H3,(H,16,18). The van der Waals surface area contributed by atoms with Gasteiger partial charge in [0.15, 0.2) is 16.4 Å². The molecule has 0 aliphatic carbocycles. The number of imidazole rings is 1. The van der Waals surface area contributed by atoms with Crippen LogP contribution in [0.15, 0.2) is 18.3 Å². The molecular formula is C12H11F3N2S. The molecule has 0 spiro atoms. The molecule has 0 aliphatic heterocycles. The van der Waals surface area contributed by atoms with Gasteiger partial charge in [-0.15, -0.1) is 0 Å². The van der Waals surface area contributed by atoms with Gasteiger partial charge in [-0.05, 0) is 18.1 Å². The molecule has 0 saturated carbocycles. The number of hydrogen-bond acceptors (Lipinski definition) is 1. The maximum absolute atomic E-state index is 13.7. The number of hydrogen-bond donors (Lipinski definition) is 1. The van der Waals surface area contributed by atoms with E-state index in [2.05, 4.69) is 4.98 Å². The minimum atomic E-state index is -1.22. The first-order chi connectivity index (χ1) is 8.41. The summed E-state index contributed by atoms with van der Waals surface area (Å²) in [6.45, 7) is 3.79. The lowest BCUT2D eigenvalue weighted by atomic mass is 10.1. The Morgan fingerprint density at radius 3 is 2.33 bits per heavy atom. The van der Waals surface area contributed by atoms with E-state index in [1.807, 2.05) is 13.8 Å². The average molecular weight is 272 g/mol. The second-order valence-electron chi connectivity index (χ2n) is 4.23. The summed E-state index contributed by atoms with van der Waals surface area (Å²) in [6, 6.07) is 1.32. The van der Waals surface area contributed by atoms with Crippen molar-refractivity contribution >= 4 is 12.2 Å². The van der Waals surface area contributed by atoms with Gasteiger partial charge in [0, 0.05) is 24.0 Å². The maximum atomic E-state index is 13.7. The zero-order chi connectivity index (χ0) is 13.4. The van der Waals surface area contributed by atoms with Gasteiger partial charge in [-0.25, -0.2) is 13.2 Å². The monoisotopic (exact) mass is 272 g/mol. The Kier molecular flexibility index (Phi) is 3.30. The van der Waals surface area contributed by atoms with E-state index in [0.717, 1.165) is 6.07 Å². The molecule has 0 aliphatic rings. The van der Waals surface area contributed by atoms with Gasteiger partial charge in [0.25, 0.3) is 0 Å². The molecular weight excluding hydrogens is 261 g/mol. The van der Waals surface area contributed by atoms with Crippen LogP contribution in [0.1, 0.15) is 25.5 Å². The fourth-order valence-corrected chi connectivity index (χ4v) is 2.00. The number of benzene rings is 1. The van der Waals surface area contributed by atoms with Gasteiger partial charge in [0.05, 0.1) is 5.69 Å². The first-order valence-corrected chi connectivity index (χ1v) is 5.78. The van der Waals surface area contributed by atoms with Crippen LogP contribution in [0.25, 0.3) is 5.69 Å². The lowest BCUT2D eigenvalue weighted by molar-refractivity contribution is 0.492. The zero-order valence-electron chi connectivity index (χ0n) is 9.80. The van der Waals surface area contributed by atoms with Crippen LogP contribution in [0.2, 0.25) is 0 Å². The lowest BCUT2D eigenvalue weighted by Gasteiger charge is -2.12. The highest BCUT2D eigenvalue weighted by atomic mass is 32.1. The Hall–Kier alpha value is -1.56. The largest absolute Gasteiger partial charge is 0.337 e. The fourth-order valence-electron chi connectivity index (χ4n) is 1.74. The van der Waals surface area contributed by atoms with E-state index in [4.69, 9.17) is 12.2 Å². The number of aromatic nitrogens is 2. The topological polar surface area (TPSA) is 20.7 Å². The predicted molar refractivity (Wildman–Crippen MR) is 64.9 cm³/mol. The third-order valence-electron chi connectivity index (χ3n) is 2.63. The van der Waals surface area contributed by atoms with E-state index in [-0.39, 0.29) is 16.4 Å². The van der Waals surface area contributed by atoms with Crippen LogP contribution >= 0.6 is 12.2 Å². The molecule has 0 atom stereocenters. The Morgan fingerprint density at radius 1 is 1.11 bits per heavy atom. The van der Waals surface area contributed by atoms with Crippen LogP contribution in [-0.4, -0.2) is 9.55 Å². The highest BCUT2D eigenvalue weighted by molar-refractivity contribution is 7.71. The Bertz CT molecular complexity index is 643. The minimum absolute atomic E-state index is 0.0606. The molecule has 2 nitrogen and oxygen atoms in total. The molecule has 1 N–H and O–H groups in total. The molecule has 1 heterocycles. The molecule has 2 rings (SSSR count). The van der Waals surface area contributed by atoms with E-state index >= 15 is 0 Å². The molecule has 0 radical (unpaired) electrons. The maximum Gasteiger partial charge on any atom is 0.182 e. The smallest absolute Gasteiger partial charge is 0.182 e. The van der Waals surface area contributed by atoms with Crippen LogP contribution in [0.4, 0.5) is 13.2 Å². The molecule has 0 unspecified atom stereocenters. The quantitative estimate of drug-likeness (QED) is 0.645. The van der Waals surface area contributed by atoms with Crippen LogP contribution in [0.5, 0.6) is 0 Å². The van der Waals surface area contributed by atoms with Crippen molar-refractivity contribution in [2.75, 3.05) is 0 Å². The normalized spacial score (nSPS) is 11.2. The van der Waals surface area contributed by atoms with Crippen molar-refractivity contribution in [3.63, 3.8) is 0 Å². The predicted octanol–water partition coefficient (Wildman–Crippen LogP) is 4.08. The molecule has 2 aromatic rings. The van der Waals surface area contributed by atoms with E-state index in [9.17, 15) is 13.2 Å². The van der Waals surface area contributed by atoms with Crippen molar-refractivity contribution in [1.82, 2.24) is 9.55 Å². The van der Waals surface area contributed by atoms with E-state index < -0.39 is 17.5 Å². The van der Waals surface area contributed by atoms with Gasteiger partial charge in [-0.1, -0.05) is 13.8 Å². The molecule has 0 saturated heterocycles. The fraction of sp³-hybridized carbons (Fsp3) is 0.250. The third-order valence-corrected chi connectivity index (χ3v) is 2.93. The van der Waals surface area contributed by atoms with Crippen LogP contribution in [0.3, 0.4) is 0 Å². The van der Waals surface area contributed by atoms with Gasteiger partial charge in [-0.2, -0.15) is 0 Å². The van der Waals surface area contributed by atoms with Crippen molar-refractivity contribution in [2.24, 2.45) is 0 Å². The van der Waals surface area contributed by atoms with Gasteiger partial charge >= 0.3 is 0 Å². The highest BCUT2D eigenvalue weighted by Crippen LogP contribution is 2.23.